The molecule has 2 aromatic carbocycles. The normalized spacial score (nSPS) is 10.7. The highest BCUT2D eigenvalue weighted by Gasteiger charge is 2.13. The van der Waals surface area contributed by atoms with Gasteiger partial charge in [0, 0.05) is 25.1 Å². The number of aryl methyl sites for hydroxylation is 1. The van der Waals surface area contributed by atoms with Gasteiger partial charge < -0.3 is 14.8 Å². The van der Waals surface area contributed by atoms with E-state index in [-0.39, 0.29) is 23.9 Å². The van der Waals surface area contributed by atoms with Crippen molar-refractivity contribution in [3.05, 3.63) is 62.3 Å². The van der Waals surface area contributed by atoms with E-state index in [0.717, 1.165) is 0 Å². The smallest absolute Gasteiger partial charge is 0.328 e. The SMILES string of the molecule is COc1cc(Cl)c(NC(=O)CCn2c(=O)[nH]c(=O)c3ccccc32)cc1OC. The van der Waals surface area contributed by atoms with Crippen LogP contribution in [0.5, 0.6) is 11.5 Å². The molecule has 3 rings (SSSR count). The molecule has 0 atom stereocenters. The molecule has 0 aliphatic rings. The van der Waals surface area contributed by atoms with E-state index in [9.17, 15) is 14.4 Å². The zero-order valence-electron chi connectivity index (χ0n) is 15.2. The average Bonchev–Trinajstić information content (AvgIpc) is 2.69. The van der Waals surface area contributed by atoms with E-state index in [4.69, 9.17) is 21.1 Å². The number of amides is 1. The number of carbonyl (C=O) groups is 1. The zero-order valence-corrected chi connectivity index (χ0v) is 16.0. The molecule has 1 amide bonds. The monoisotopic (exact) mass is 403 g/mol. The van der Waals surface area contributed by atoms with Crippen molar-refractivity contribution in [3.63, 3.8) is 0 Å². The van der Waals surface area contributed by atoms with Crippen LogP contribution in [-0.4, -0.2) is 29.7 Å². The average molecular weight is 404 g/mol. The van der Waals surface area contributed by atoms with Gasteiger partial charge in [-0.15, -0.1) is 0 Å². The third kappa shape index (κ3) is 3.86. The van der Waals surface area contributed by atoms with Crippen molar-refractivity contribution in [2.75, 3.05) is 19.5 Å². The maximum atomic E-state index is 12.4. The van der Waals surface area contributed by atoms with Crippen molar-refractivity contribution >= 4 is 34.1 Å². The minimum atomic E-state index is -0.569. The minimum Gasteiger partial charge on any atom is -0.493 e. The number of aromatic nitrogens is 2. The number of H-pyrrole nitrogens is 1. The van der Waals surface area contributed by atoms with Crippen LogP contribution in [-0.2, 0) is 11.3 Å². The van der Waals surface area contributed by atoms with E-state index in [0.29, 0.717) is 28.1 Å². The molecule has 28 heavy (non-hydrogen) atoms. The molecule has 0 saturated heterocycles. The summed E-state index contributed by atoms with van der Waals surface area (Å²) in [6.45, 7) is 0.0901. The highest BCUT2D eigenvalue weighted by atomic mass is 35.5. The highest BCUT2D eigenvalue weighted by molar-refractivity contribution is 6.34. The van der Waals surface area contributed by atoms with Gasteiger partial charge >= 0.3 is 5.69 Å². The minimum absolute atomic E-state index is 0.000613. The molecule has 0 aliphatic carbocycles. The fourth-order valence-electron chi connectivity index (χ4n) is 2.84. The second kappa shape index (κ2) is 8.18. The van der Waals surface area contributed by atoms with Gasteiger partial charge in [0.05, 0.1) is 35.8 Å². The van der Waals surface area contributed by atoms with Crippen molar-refractivity contribution in [2.24, 2.45) is 0 Å². The fraction of sp³-hybridized carbons (Fsp3) is 0.211. The predicted octanol–water partition coefficient (Wildman–Crippen LogP) is 2.39. The summed E-state index contributed by atoms with van der Waals surface area (Å²) in [5.41, 5.74) is -0.199. The molecule has 0 radical (unpaired) electrons. The van der Waals surface area contributed by atoms with Crippen LogP contribution in [0, 0.1) is 0 Å². The molecule has 0 spiro atoms. The third-order valence-corrected chi connectivity index (χ3v) is 4.53. The summed E-state index contributed by atoms with van der Waals surface area (Å²) in [5.74, 6) is 0.512. The van der Waals surface area contributed by atoms with Crippen LogP contribution in [0.25, 0.3) is 10.9 Å². The Labute approximate surface area is 164 Å². The van der Waals surface area contributed by atoms with E-state index in [2.05, 4.69) is 10.3 Å². The van der Waals surface area contributed by atoms with Gasteiger partial charge in [-0.1, -0.05) is 23.7 Å². The maximum absolute atomic E-state index is 12.4. The molecule has 9 heteroatoms. The Balaban J connectivity index is 1.80. The van der Waals surface area contributed by atoms with Crippen LogP contribution < -0.4 is 26.0 Å². The summed E-state index contributed by atoms with van der Waals surface area (Å²) in [6.07, 6.45) is 0.000613. The number of para-hydroxylation sites is 1. The predicted molar refractivity (Wildman–Crippen MR) is 107 cm³/mol. The Hall–Kier alpha value is -3.26. The number of anilines is 1. The first kappa shape index (κ1) is 19.5. The molecule has 1 heterocycles. The number of rotatable bonds is 6. The Morgan fingerprint density at radius 1 is 1.14 bits per heavy atom. The lowest BCUT2D eigenvalue weighted by Gasteiger charge is -2.13. The molecule has 0 unspecified atom stereocenters. The molecule has 3 aromatic rings. The molecule has 8 nitrogen and oxygen atoms in total. The number of fused-ring (bicyclic) bond motifs is 1. The number of benzene rings is 2. The second-order valence-corrected chi connectivity index (χ2v) is 6.32. The number of hydrogen-bond donors (Lipinski definition) is 2. The first-order chi connectivity index (χ1) is 13.4. The van der Waals surface area contributed by atoms with Gasteiger partial charge in [-0.3, -0.25) is 19.1 Å². The number of ether oxygens (including phenoxy) is 2. The van der Waals surface area contributed by atoms with Crippen molar-refractivity contribution < 1.29 is 14.3 Å². The number of nitrogens with one attached hydrogen (secondary N) is 2. The number of halogens is 1. The number of carbonyl (C=O) groups excluding carboxylic acids is 1. The number of hydrogen-bond acceptors (Lipinski definition) is 5. The topological polar surface area (TPSA) is 102 Å². The van der Waals surface area contributed by atoms with Crippen molar-refractivity contribution in [1.29, 1.82) is 0 Å². The summed E-state index contributed by atoms with van der Waals surface area (Å²) in [6, 6.07) is 9.80. The molecule has 0 saturated carbocycles. The van der Waals surface area contributed by atoms with Gasteiger partial charge in [0.25, 0.3) is 5.56 Å². The van der Waals surface area contributed by atoms with E-state index in [1.807, 2.05) is 0 Å². The lowest BCUT2D eigenvalue weighted by atomic mass is 10.2. The molecule has 2 N–H and O–H groups in total. The largest absolute Gasteiger partial charge is 0.493 e. The highest BCUT2D eigenvalue weighted by Crippen LogP contribution is 2.36. The van der Waals surface area contributed by atoms with Gasteiger partial charge in [0.1, 0.15) is 0 Å². The van der Waals surface area contributed by atoms with Crippen molar-refractivity contribution in [3.8, 4) is 11.5 Å². The standard InChI is InChI=1S/C19H18ClN3O5/c1-27-15-9-12(20)13(10-16(15)28-2)21-17(24)7-8-23-14-6-4-3-5-11(14)18(25)22-19(23)26/h3-6,9-10H,7-8H2,1-2H3,(H,21,24)(H,22,25,26). The summed E-state index contributed by atoms with van der Waals surface area (Å²) in [5, 5.41) is 3.36. The molecule has 146 valence electrons. The van der Waals surface area contributed by atoms with Crippen molar-refractivity contribution in [1.82, 2.24) is 9.55 Å². The summed E-state index contributed by atoms with van der Waals surface area (Å²) < 4.78 is 11.7. The van der Waals surface area contributed by atoms with Crippen LogP contribution in [0.1, 0.15) is 6.42 Å². The lowest BCUT2D eigenvalue weighted by Crippen LogP contribution is -2.31. The van der Waals surface area contributed by atoms with Crippen LogP contribution in [0.15, 0.2) is 46.0 Å². The van der Waals surface area contributed by atoms with Crippen LogP contribution in [0.2, 0.25) is 5.02 Å². The lowest BCUT2D eigenvalue weighted by molar-refractivity contribution is -0.116. The molecule has 0 aliphatic heterocycles. The van der Waals surface area contributed by atoms with Gasteiger partial charge in [0.2, 0.25) is 5.91 Å². The molecular weight excluding hydrogens is 386 g/mol. The van der Waals surface area contributed by atoms with Gasteiger partial charge in [-0.25, -0.2) is 4.79 Å². The molecular formula is C19H18ClN3O5. The Morgan fingerprint density at radius 2 is 1.82 bits per heavy atom. The summed E-state index contributed by atoms with van der Waals surface area (Å²) >= 11 is 6.17. The molecule has 0 bridgehead atoms. The number of nitrogens with zero attached hydrogens (tertiary/aromatic N) is 1. The first-order valence-electron chi connectivity index (χ1n) is 8.38. The molecule has 0 fully saturated rings. The van der Waals surface area contributed by atoms with E-state index in [1.165, 1.54) is 24.9 Å². The van der Waals surface area contributed by atoms with Crippen LogP contribution in [0.4, 0.5) is 5.69 Å². The Morgan fingerprint density at radius 3 is 2.54 bits per heavy atom. The summed E-state index contributed by atoms with van der Waals surface area (Å²) in [4.78, 5) is 38.7. The molecule has 1 aromatic heterocycles. The van der Waals surface area contributed by atoms with Gasteiger partial charge in [0.15, 0.2) is 11.5 Å². The maximum Gasteiger partial charge on any atom is 0.328 e. The third-order valence-electron chi connectivity index (χ3n) is 4.21. The number of methoxy groups -OCH3 is 2. The van der Waals surface area contributed by atoms with Crippen molar-refractivity contribution in [2.45, 2.75) is 13.0 Å². The summed E-state index contributed by atoms with van der Waals surface area (Å²) in [7, 11) is 2.96. The zero-order chi connectivity index (χ0) is 20.3. The Kier molecular flexibility index (Phi) is 5.70. The van der Waals surface area contributed by atoms with E-state index in [1.54, 1.807) is 30.3 Å². The van der Waals surface area contributed by atoms with E-state index < -0.39 is 11.2 Å². The number of aromatic amines is 1. The van der Waals surface area contributed by atoms with E-state index >= 15 is 0 Å². The van der Waals surface area contributed by atoms with Gasteiger partial charge in [-0.2, -0.15) is 0 Å². The fourth-order valence-corrected chi connectivity index (χ4v) is 3.04. The first-order valence-corrected chi connectivity index (χ1v) is 8.75. The van der Waals surface area contributed by atoms with Gasteiger partial charge in [-0.05, 0) is 12.1 Å². The van der Waals surface area contributed by atoms with Crippen LogP contribution in [0.3, 0.4) is 0 Å². The second-order valence-electron chi connectivity index (χ2n) is 5.91. The Bertz CT molecular complexity index is 1150. The van der Waals surface area contributed by atoms with Crippen LogP contribution >= 0.6 is 11.6 Å². The quantitative estimate of drug-likeness (QED) is 0.658.